The molecular formula is C11H11FN4. The van der Waals surface area contributed by atoms with Crippen LogP contribution in [0.4, 0.5) is 10.3 Å². The molecule has 1 aliphatic carbocycles. The van der Waals surface area contributed by atoms with Crippen molar-refractivity contribution >= 4 is 5.95 Å². The smallest absolute Gasteiger partial charge is 0.240 e. The maximum Gasteiger partial charge on any atom is 0.240 e. The molecular weight excluding hydrogens is 207 g/mol. The lowest BCUT2D eigenvalue weighted by Crippen LogP contribution is -2.01. The zero-order valence-electron chi connectivity index (χ0n) is 8.60. The number of hydrogen-bond donors (Lipinski definition) is 1. The molecule has 82 valence electrons. The summed E-state index contributed by atoms with van der Waals surface area (Å²) in [6.07, 6.45) is 2.25. The third-order valence-electron chi connectivity index (χ3n) is 2.66. The number of nitrogens with two attached hydrogens (primary N) is 1. The van der Waals surface area contributed by atoms with Crippen LogP contribution in [0.15, 0.2) is 24.3 Å². The topological polar surface area (TPSA) is 56.7 Å². The van der Waals surface area contributed by atoms with Crippen LogP contribution in [0.1, 0.15) is 24.6 Å². The van der Waals surface area contributed by atoms with Crippen molar-refractivity contribution in [1.29, 1.82) is 0 Å². The van der Waals surface area contributed by atoms with Crippen molar-refractivity contribution in [2.45, 2.75) is 18.8 Å². The van der Waals surface area contributed by atoms with Crippen LogP contribution in [0.2, 0.25) is 0 Å². The summed E-state index contributed by atoms with van der Waals surface area (Å²) in [6.45, 7) is 0. The minimum Gasteiger partial charge on any atom is -0.366 e. The van der Waals surface area contributed by atoms with Crippen LogP contribution in [-0.4, -0.2) is 14.8 Å². The summed E-state index contributed by atoms with van der Waals surface area (Å²) in [5, 5.41) is 4.13. The molecule has 0 spiro atoms. The SMILES string of the molecule is Nc1nc(C2CC2)n(-c2ccc(F)cc2)n1. The highest BCUT2D eigenvalue weighted by molar-refractivity contribution is 5.35. The van der Waals surface area contributed by atoms with Crippen LogP contribution in [0, 0.1) is 5.82 Å². The molecule has 5 heteroatoms. The number of rotatable bonds is 2. The fourth-order valence-corrected chi connectivity index (χ4v) is 1.72. The number of nitrogens with zero attached hydrogens (tertiary/aromatic N) is 3. The molecule has 3 rings (SSSR count). The van der Waals surface area contributed by atoms with Crippen LogP contribution in [0.3, 0.4) is 0 Å². The standard InChI is InChI=1S/C11H11FN4/c12-8-3-5-9(6-4-8)16-10(7-1-2-7)14-11(13)15-16/h3-7H,1-2H2,(H2,13,15). The van der Waals surface area contributed by atoms with Gasteiger partial charge >= 0.3 is 0 Å². The quantitative estimate of drug-likeness (QED) is 0.837. The predicted molar refractivity (Wildman–Crippen MR) is 57.7 cm³/mol. The Morgan fingerprint density at radius 2 is 1.94 bits per heavy atom. The Kier molecular flexibility index (Phi) is 1.92. The summed E-state index contributed by atoms with van der Waals surface area (Å²) in [4.78, 5) is 4.21. The van der Waals surface area contributed by atoms with E-state index in [0.717, 1.165) is 24.4 Å². The Labute approximate surface area is 91.9 Å². The van der Waals surface area contributed by atoms with Gasteiger partial charge in [0.25, 0.3) is 0 Å². The summed E-state index contributed by atoms with van der Waals surface area (Å²) in [6, 6.07) is 6.17. The van der Waals surface area contributed by atoms with Gasteiger partial charge in [-0.2, -0.15) is 4.98 Å². The van der Waals surface area contributed by atoms with E-state index < -0.39 is 0 Å². The highest BCUT2D eigenvalue weighted by atomic mass is 19.1. The second-order valence-electron chi connectivity index (χ2n) is 3.99. The van der Waals surface area contributed by atoms with E-state index in [9.17, 15) is 4.39 Å². The Morgan fingerprint density at radius 1 is 1.25 bits per heavy atom. The molecule has 2 aromatic rings. The first kappa shape index (κ1) is 9.33. The van der Waals surface area contributed by atoms with Crippen LogP contribution in [-0.2, 0) is 0 Å². The van der Waals surface area contributed by atoms with E-state index in [2.05, 4.69) is 10.1 Å². The normalized spacial score (nSPS) is 15.3. The summed E-state index contributed by atoms with van der Waals surface area (Å²) in [7, 11) is 0. The number of halogens is 1. The highest BCUT2D eigenvalue weighted by Gasteiger charge is 2.29. The van der Waals surface area contributed by atoms with E-state index >= 15 is 0 Å². The van der Waals surface area contributed by atoms with Crippen LogP contribution < -0.4 is 5.73 Å². The number of nitrogen functional groups attached to an aromatic ring is 1. The Bertz CT molecular complexity index is 513. The number of aromatic nitrogens is 3. The van der Waals surface area contributed by atoms with Gasteiger partial charge in [0.15, 0.2) is 0 Å². The first-order chi connectivity index (χ1) is 7.74. The molecule has 1 saturated carbocycles. The summed E-state index contributed by atoms with van der Waals surface area (Å²) in [5.74, 6) is 1.34. The molecule has 0 saturated heterocycles. The molecule has 1 aliphatic rings. The van der Waals surface area contributed by atoms with E-state index in [0.29, 0.717) is 5.92 Å². The van der Waals surface area contributed by atoms with Gasteiger partial charge in [0, 0.05) is 5.92 Å². The molecule has 0 bridgehead atoms. The fraction of sp³-hybridized carbons (Fsp3) is 0.273. The van der Waals surface area contributed by atoms with E-state index in [1.807, 2.05) is 0 Å². The average molecular weight is 218 g/mol. The molecule has 2 N–H and O–H groups in total. The number of hydrogen-bond acceptors (Lipinski definition) is 3. The lowest BCUT2D eigenvalue weighted by molar-refractivity contribution is 0.626. The Balaban J connectivity index is 2.07. The summed E-state index contributed by atoms with van der Waals surface area (Å²) < 4.78 is 14.5. The molecule has 16 heavy (non-hydrogen) atoms. The van der Waals surface area contributed by atoms with Crippen LogP contribution in [0.5, 0.6) is 0 Å². The zero-order valence-corrected chi connectivity index (χ0v) is 8.60. The van der Waals surface area contributed by atoms with E-state index in [4.69, 9.17) is 5.73 Å². The molecule has 0 atom stereocenters. The molecule has 4 nitrogen and oxygen atoms in total. The minimum absolute atomic E-state index is 0.259. The molecule has 0 unspecified atom stereocenters. The lowest BCUT2D eigenvalue weighted by atomic mass is 10.3. The molecule has 0 radical (unpaired) electrons. The van der Waals surface area contributed by atoms with E-state index in [-0.39, 0.29) is 11.8 Å². The lowest BCUT2D eigenvalue weighted by Gasteiger charge is -2.03. The Morgan fingerprint density at radius 3 is 2.56 bits per heavy atom. The summed E-state index contributed by atoms with van der Waals surface area (Å²) in [5.41, 5.74) is 6.39. The van der Waals surface area contributed by atoms with Gasteiger partial charge in [-0.15, -0.1) is 5.10 Å². The van der Waals surface area contributed by atoms with Crippen LogP contribution >= 0.6 is 0 Å². The van der Waals surface area contributed by atoms with Crippen molar-refractivity contribution in [1.82, 2.24) is 14.8 Å². The fourth-order valence-electron chi connectivity index (χ4n) is 1.72. The third kappa shape index (κ3) is 1.54. The first-order valence-corrected chi connectivity index (χ1v) is 5.22. The van der Waals surface area contributed by atoms with E-state index in [1.165, 1.54) is 12.1 Å². The van der Waals surface area contributed by atoms with E-state index in [1.54, 1.807) is 16.8 Å². The first-order valence-electron chi connectivity index (χ1n) is 5.22. The third-order valence-corrected chi connectivity index (χ3v) is 2.66. The maximum absolute atomic E-state index is 12.8. The zero-order chi connectivity index (χ0) is 11.1. The molecule has 1 aromatic heterocycles. The average Bonchev–Trinajstić information content (AvgIpc) is 3.04. The van der Waals surface area contributed by atoms with Gasteiger partial charge in [0.1, 0.15) is 11.6 Å². The van der Waals surface area contributed by atoms with Gasteiger partial charge in [-0.1, -0.05) is 0 Å². The van der Waals surface area contributed by atoms with Crippen molar-refractivity contribution in [2.75, 3.05) is 5.73 Å². The second kappa shape index (κ2) is 3.30. The minimum atomic E-state index is -0.259. The van der Waals surface area contributed by atoms with Crippen molar-refractivity contribution in [3.63, 3.8) is 0 Å². The second-order valence-corrected chi connectivity index (χ2v) is 3.99. The molecule has 1 heterocycles. The van der Waals surface area contributed by atoms with Gasteiger partial charge in [-0.05, 0) is 37.1 Å². The van der Waals surface area contributed by atoms with Gasteiger partial charge in [-0.3, -0.25) is 0 Å². The number of anilines is 1. The van der Waals surface area contributed by atoms with Crippen molar-refractivity contribution < 1.29 is 4.39 Å². The van der Waals surface area contributed by atoms with Gasteiger partial charge < -0.3 is 5.73 Å². The number of benzene rings is 1. The van der Waals surface area contributed by atoms with Crippen molar-refractivity contribution in [3.8, 4) is 5.69 Å². The molecule has 0 amide bonds. The van der Waals surface area contributed by atoms with Gasteiger partial charge in [0.05, 0.1) is 5.69 Å². The molecule has 0 aliphatic heterocycles. The summed E-state index contributed by atoms with van der Waals surface area (Å²) >= 11 is 0. The Hall–Kier alpha value is -1.91. The molecule has 1 fully saturated rings. The van der Waals surface area contributed by atoms with Crippen LogP contribution in [0.25, 0.3) is 5.69 Å². The predicted octanol–water partition coefficient (Wildman–Crippen LogP) is 1.87. The highest BCUT2D eigenvalue weighted by Crippen LogP contribution is 2.39. The maximum atomic E-state index is 12.8. The van der Waals surface area contributed by atoms with Gasteiger partial charge in [0.2, 0.25) is 5.95 Å². The molecule has 1 aromatic carbocycles. The largest absolute Gasteiger partial charge is 0.366 e. The van der Waals surface area contributed by atoms with Gasteiger partial charge in [-0.25, -0.2) is 9.07 Å². The monoisotopic (exact) mass is 218 g/mol. The van der Waals surface area contributed by atoms with Crippen molar-refractivity contribution in [2.24, 2.45) is 0 Å². The van der Waals surface area contributed by atoms with Crippen molar-refractivity contribution in [3.05, 3.63) is 35.9 Å².